The van der Waals surface area contributed by atoms with Crippen LogP contribution in [0.2, 0.25) is 5.02 Å². The van der Waals surface area contributed by atoms with E-state index in [1.807, 2.05) is 31.2 Å². The number of carbonyl (C=O) groups excluding carboxylic acids is 1. The van der Waals surface area contributed by atoms with E-state index < -0.39 is 0 Å². The van der Waals surface area contributed by atoms with Gasteiger partial charge >= 0.3 is 0 Å². The first-order chi connectivity index (χ1) is 10.7. The average molecular weight is 326 g/mol. The van der Waals surface area contributed by atoms with Gasteiger partial charge in [0.05, 0.1) is 13.2 Å². The van der Waals surface area contributed by atoms with E-state index in [1.54, 1.807) is 0 Å². The molecule has 1 aromatic carbocycles. The Morgan fingerprint density at radius 1 is 1.36 bits per heavy atom. The van der Waals surface area contributed by atoms with Gasteiger partial charge in [0.1, 0.15) is 0 Å². The summed E-state index contributed by atoms with van der Waals surface area (Å²) in [6, 6.07) is 7.57. The molecule has 1 unspecified atom stereocenters. The first kappa shape index (κ1) is 17.3. The van der Waals surface area contributed by atoms with Crippen molar-refractivity contribution in [1.82, 2.24) is 5.32 Å². The van der Waals surface area contributed by atoms with E-state index in [4.69, 9.17) is 21.1 Å². The minimum Gasteiger partial charge on any atom is -0.381 e. The van der Waals surface area contributed by atoms with Crippen LogP contribution in [0.1, 0.15) is 25.3 Å². The fraction of sp³-hybridized carbons (Fsp3) is 0.588. The van der Waals surface area contributed by atoms with Crippen molar-refractivity contribution in [2.75, 3.05) is 26.4 Å². The number of benzene rings is 1. The molecule has 5 heteroatoms. The Bertz CT molecular complexity index is 457. The summed E-state index contributed by atoms with van der Waals surface area (Å²) in [6.07, 6.45) is 1.95. The lowest BCUT2D eigenvalue weighted by atomic mass is 9.87. The average Bonchev–Trinajstić information content (AvgIpc) is 2.56. The molecule has 1 aliphatic rings. The molecule has 0 aliphatic carbocycles. The Morgan fingerprint density at radius 2 is 2.05 bits per heavy atom. The molecule has 1 N–H and O–H groups in total. The predicted molar refractivity (Wildman–Crippen MR) is 86.8 cm³/mol. The van der Waals surface area contributed by atoms with Crippen LogP contribution in [0.15, 0.2) is 24.3 Å². The molecule has 0 saturated carbocycles. The van der Waals surface area contributed by atoms with Crippen LogP contribution in [0.4, 0.5) is 0 Å². The molecule has 2 rings (SSSR count). The van der Waals surface area contributed by atoms with Crippen LogP contribution >= 0.6 is 11.6 Å². The number of hydrogen-bond donors (Lipinski definition) is 1. The van der Waals surface area contributed by atoms with E-state index in [2.05, 4.69) is 5.32 Å². The van der Waals surface area contributed by atoms with Crippen LogP contribution in [0.3, 0.4) is 0 Å². The normalized spacial score (nSPS) is 17.2. The second kappa shape index (κ2) is 9.13. The maximum Gasteiger partial charge on any atom is 0.223 e. The topological polar surface area (TPSA) is 47.6 Å². The van der Waals surface area contributed by atoms with Gasteiger partial charge in [0.2, 0.25) is 5.91 Å². The Labute approximate surface area is 137 Å². The highest BCUT2D eigenvalue weighted by Crippen LogP contribution is 2.23. The van der Waals surface area contributed by atoms with Crippen LogP contribution in [0.25, 0.3) is 0 Å². The summed E-state index contributed by atoms with van der Waals surface area (Å²) in [4.78, 5) is 12.1. The molecule has 1 atom stereocenters. The molecule has 1 heterocycles. The number of hydrogen-bond acceptors (Lipinski definition) is 3. The highest BCUT2D eigenvalue weighted by Gasteiger charge is 2.25. The molecule has 0 radical (unpaired) electrons. The minimum absolute atomic E-state index is 0.0418. The molecule has 0 bridgehead atoms. The monoisotopic (exact) mass is 325 g/mol. The molecule has 4 nitrogen and oxygen atoms in total. The van der Waals surface area contributed by atoms with Crippen LogP contribution in [-0.4, -0.2) is 32.3 Å². The summed E-state index contributed by atoms with van der Waals surface area (Å²) in [5.41, 5.74) is 1.08. The maximum atomic E-state index is 12.1. The molecular weight excluding hydrogens is 302 g/mol. The van der Waals surface area contributed by atoms with Gasteiger partial charge in [-0.1, -0.05) is 30.7 Å². The quantitative estimate of drug-likeness (QED) is 0.784. The molecule has 1 amide bonds. The lowest BCUT2D eigenvalue weighted by Crippen LogP contribution is -2.37. The number of carbonyl (C=O) groups is 1. The number of amides is 1. The van der Waals surface area contributed by atoms with Gasteiger partial charge in [-0.2, -0.15) is 0 Å². The smallest absolute Gasteiger partial charge is 0.223 e. The van der Waals surface area contributed by atoms with Crippen LogP contribution in [0.5, 0.6) is 0 Å². The first-order valence-corrected chi connectivity index (χ1v) is 8.22. The molecule has 122 valence electrons. The third-order valence-electron chi connectivity index (χ3n) is 4.11. The SMILES string of the molecule is CC(C(=O)NCCOCc1ccc(Cl)cc1)C1CCOCC1. The summed E-state index contributed by atoms with van der Waals surface area (Å²) in [5, 5.41) is 3.67. The van der Waals surface area contributed by atoms with Crippen molar-refractivity contribution >= 4 is 17.5 Å². The van der Waals surface area contributed by atoms with Gasteiger partial charge in [0.15, 0.2) is 0 Å². The van der Waals surface area contributed by atoms with E-state index in [1.165, 1.54) is 0 Å². The van der Waals surface area contributed by atoms with E-state index in [-0.39, 0.29) is 11.8 Å². The van der Waals surface area contributed by atoms with E-state index in [9.17, 15) is 4.79 Å². The Hall–Kier alpha value is -1.10. The summed E-state index contributed by atoms with van der Waals surface area (Å²) >= 11 is 5.83. The summed E-state index contributed by atoms with van der Waals surface area (Å²) in [6.45, 7) is 5.12. The zero-order valence-electron chi connectivity index (χ0n) is 13.0. The number of rotatable bonds is 7. The highest BCUT2D eigenvalue weighted by molar-refractivity contribution is 6.30. The molecule has 1 aromatic rings. The molecule has 1 saturated heterocycles. The second-order valence-electron chi connectivity index (χ2n) is 5.71. The van der Waals surface area contributed by atoms with E-state index >= 15 is 0 Å². The van der Waals surface area contributed by atoms with Crippen molar-refractivity contribution in [3.63, 3.8) is 0 Å². The number of ether oxygens (including phenoxy) is 2. The van der Waals surface area contributed by atoms with Crippen molar-refractivity contribution in [3.8, 4) is 0 Å². The zero-order valence-corrected chi connectivity index (χ0v) is 13.8. The maximum absolute atomic E-state index is 12.1. The van der Waals surface area contributed by atoms with Crippen molar-refractivity contribution in [2.24, 2.45) is 11.8 Å². The van der Waals surface area contributed by atoms with Gasteiger partial charge in [-0.05, 0) is 36.5 Å². The lowest BCUT2D eigenvalue weighted by Gasteiger charge is -2.26. The van der Waals surface area contributed by atoms with Crippen molar-refractivity contribution in [2.45, 2.75) is 26.4 Å². The van der Waals surface area contributed by atoms with Gasteiger partial charge in [0.25, 0.3) is 0 Å². The van der Waals surface area contributed by atoms with Crippen LogP contribution in [-0.2, 0) is 20.9 Å². The van der Waals surface area contributed by atoms with E-state index in [0.29, 0.717) is 25.7 Å². The Balaban J connectivity index is 1.59. The molecule has 0 aromatic heterocycles. The Morgan fingerprint density at radius 3 is 2.73 bits per heavy atom. The van der Waals surface area contributed by atoms with E-state index in [0.717, 1.165) is 36.6 Å². The number of nitrogens with one attached hydrogen (secondary N) is 1. The van der Waals surface area contributed by atoms with Gasteiger partial charge < -0.3 is 14.8 Å². The highest BCUT2D eigenvalue weighted by atomic mass is 35.5. The van der Waals surface area contributed by atoms with Gasteiger partial charge in [-0.25, -0.2) is 0 Å². The zero-order chi connectivity index (χ0) is 15.8. The molecule has 0 spiro atoms. The van der Waals surface area contributed by atoms with Crippen LogP contribution < -0.4 is 5.32 Å². The van der Waals surface area contributed by atoms with Crippen molar-refractivity contribution in [1.29, 1.82) is 0 Å². The molecular formula is C17H24ClNO3. The first-order valence-electron chi connectivity index (χ1n) is 7.84. The van der Waals surface area contributed by atoms with Crippen molar-refractivity contribution in [3.05, 3.63) is 34.9 Å². The van der Waals surface area contributed by atoms with Crippen LogP contribution in [0, 0.1) is 11.8 Å². The summed E-state index contributed by atoms with van der Waals surface area (Å²) < 4.78 is 10.9. The molecule has 22 heavy (non-hydrogen) atoms. The fourth-order valence-corrected chi connectivity index (χ4v) is 2.73. The lowest BCUT2D eigenvalue weighted by molar-refractivity contribution is -0.127. The van der Waals surface area contributed by atoms with Gasteiger partial charge in [-0.15, -0.1) is 0 Å². The third-order valence-corrected chi connectivity index (χ3v) is 4.37. The fourth-order valence-electron chi connectivity index (χ4n) is 2.61. The summed E-state index contributed by atoms with van der Waals surface area (Å²) in [5.74, 6) is 0.589. The predicted octanol–water partition coefficient (Wildman–Crippen LogP) is 3.04. The minimum atomic E-state index is 0.0418. The van der Waals surface area contributed by atoms with Crippen molar-refractivity contribution < 1.29 is 14.3 Å². The standard InChI is InChI=1S/C17H24ClNO3/c1-13(15-6-9-21-10-7-15)17(20)19-8-11-22-12-14-2-4-16(18)5-3-14/h2-5,13,15H,6-12H2,1H3,(H,19,20). The Kier molecular flexibility index (Phi) is 7.16. The van der Waals surface area contributed by atoms with Gasteiger partial charge in [0, 0.05) is 30.7 Å². The molecule has 1 aliphatic heterocycles. The third kappa shape index (κ3) is 5.59. The molecule has 1 fully saturated rings. The van der Waals surface area contributed by atoms with Gasteiger partial charge in [-0.3, -0.25) is 4.79 Å². The summed E-state index contributed by atoms with van der Waals surface area (Å²) in [7, 11) is 0. The largest absolute Gasteiger partial charge is 0.381 e. The number of halogens is 1. The second-order valence-corrected chi connectivity index (χ2v) is 6.14.